The largest absolute Gasteiger partial charge is 0.493 e. The van der Waals surface area contributed by atoms with Crippen molar-refractivity contribution in [3.63, 3.8) is 0 Å². The second kappa shape index (κ2) is 6.61. The van der Waals surface area contributed by atoms with Crippen molar-refractivity contribution in [2.75, 3.05) is 13.7 Å². The first kappa shape index (κ1) is 14.7. The van der Waals surface area contributed by atoms with Crippen LogP contribution in [0.25, 0.3) is 0 Å². The van der Waals surface area contributed by atoms with Crippen molar-refractivity contribution in [1.82, 2.24) is 15.1 Å². The van der Waals surface area contributed by atoms with Gasteiger partial charge in [-0.3, -0.25) is 4.68 Å². The van der Waals surface area contributed by atoms with Crippen LogP contribution in [0.3, 0.4) is 0 Å². The molecule has 0 aromatic carbocycles. The molecule has 0 spiro atoms. The minimum absolute atomic E-state index is 0.0426. The van der Waals surface area contributed by atoms with Crippen LogP contribution < -0.4 is 10.1 Å². The van der Waals surface area contributed by atoms with Crippen molar-refractivity contribution < 1.29 is 9.15 Å². The second-order valence-electron chi connectivity index (χ2n) is 4.78. The molecule has 0 amide bonds. The van der Waals surface area contributed by atoms with Gasteiger partial charge in [-0.15, -0.1) is 0 Å². The number of methoxy groups -OCH3 is 1. The lowest BCUT2D eigenvalue weighted by atomic mass is 10.1. The van der Waals surface area contributed by atoms with E-state index in [0.29, 0.717) is 0 Å². The SMILES string of the molecule is CCCn1ncc(OC)c1C(NCC)c1occc1C. The molecule has 0 aliphatic carbocycles. The first-order chi connectivity index (χ1) is 9.72. The molecule has 0 saturated carbocycles. The quantitative estimate of drug-likeness (QED) is 0.845. The van der Waals surface area contributed by atoms with Gasteiger partial charge in [0.25, 0.3) is 0 Å². The van der Waals surface area contributed by atoms with Crippen LogP contribution in [-0.4, -0.2) is 23.4 Å². The van der Waals surface area contributed by atoms with Gasteiger partial charge in [0.05, 0.1) is 19.6 Å². The zero-order valence-corrected chi connectivity index (χ0v) is 12.6. The highest BCUT2D eigenvalue weighted by molar-refractivity contribution is 5.35. The fourth-order valence-electron chi connectivity index (χ4n) is 2.41. The Morgan fingerprint density at radius 2 is 2.25 bits per heavy atom. The summed E-state index contributed by atoms with van der Waals surface area (Å²) in [6.45, 7) is 7.97. The molecule has 2 aromatic heterocycles. The maximum atomic E-state index is 5.68. The number of aryl methyl sites for hydroxylation is 2. The summed E-state index contributed by atoms with van der Waals surface area (Å²) < 4.78 is 13.1. The molecule has 0 aliphatic rings. The Morgan fingerprint density at radius 1 is 1.45 bits per heavy atom. The zero-order valence-electron chi connectivity index (χ0n) is 12.6. The second-order valence-corrected chi connectivity index (χ2v) is 4.78. The van der Waals surface area contributed by atoms with E-state index in [0.717, 1.165) is 42.3 Å². The standard InChI is InChI=1S/C15H23N3O2/c1-5-8-18-14(12(19-4)10-17-18)13(16-6-2)15-11(3)7-9-20-15/h7,9-10,13,16H,5-6,8H2,1-4H3. The molecule has 0 radical (unpaired) electrons. The molecule has 20 heavy (non-hydrogen) atoms. The molecule has 110 valence electrons. The summed E-state index contributed by atoms with van der Waals surface area (Å²) in [5, 5.41) is 7.90. The number of nitrogens with one attached hydrogen (secondary N) is 1. The number of hydrogen-bond donors (Lipinski definition) is 1. The average Bonchev–Trinajstić information content (AvgIpc) is 3.03. The van der Waals surface area contributed by atoms with Gasteiger partial charge in [0.1, 0.15) is 17.5 Å². The van der Waals surface area contributed by atoms with Gasteiger partial charge in [-0.05, 0) is 31.5 Å². The highest BCUT2D eigenvalue weighted by Gasteiger charge is 2.26. The van der Waals surface area contributed by atoms with Crippen LogP contribution in [-0.2, 0) is 6.54 Å². The van der Waals surface area contributed by atoms with Gasteiger partial charge in [-0.2, -0.15) is 5.10 Å². The third-order valence-corrected chi connectivity index (χ3v) is 3.35. The van der Waals surface area contributed by atoms with Crippen molar-refractivity contribution in [3.8, 4) is 5.75 Å². The van der Waals surface area contributed by atoms with Crippen LogP contribution in [0.1, 0.15) is 43.3 Å². The number of furan rings is 1. The van der Waals surface area contributed by atoms with Gasteiger partial charge in [0.15, 0.2) is 5.75 Å². The maximum absolute atomic E-state index is 5.68. The van der Waals surface area contributed by atoms with E-state index in [1.165, 1.54) is 0 Å². The summed E-state index contributed by atoms with van der Waals surface area (Å²) in [4.78, 5) is 0. The molecular formula is C15H23N3O2. The predicted molar refractivity (Wildman–Crippen MR) is 78.0 cm³/mol. The van der Waals surface area contributed by atoms with E-state index in [9.17, 15) is 0 Å². The lowest BCUT2D eigenvalue weighted by molar-refractivity contribution is 0.382. The Labute approximate surface area is 119 Å². The smallest absolute Gasteiger partial charge is 0.162 e. The fraction of sp³-hybridized carbons (Fsp3) is 0.533. The molecule has 2 rings (SSSR count). The normalized spacial score (nSPS) is 12.6. The van der Waals surface area contributed by atoms with Gasteiger partial charge in [-0.1, -0.05) is 13.8 Å². The Hall–Kier alpha value is -1.75. The number of ether oxygens (including phenoxy) is 1. The molecule has 1 unspecified atom stereocenters. The Kier molecular flexibility index (Phi) is 4.84. The van der Waals surface area contributed by atoms with Gasteiger partial charge < -0.3 is 14.5 Å². The van der Waals surface area contributed by atoms with Gasteiger partial charge in [0, 0.05) is 6.54 Å². The molecule has 0 saturated heterocycles. The van der Waals surface area contributed by atoms with E-state index < -0.39 is 0 Å². The average molecular weight is 277 g/mol. The molecule has 0 fully saturated rings. The fourth-order valence-corrected chi connectivity index (χ4v) is 2.41. The molecule has 2 heterocycles. The number of rotatable bonds is 7. The van der Waals surface area contributed by atoms with Gasteiger partial charge in [-0.25, -0.2) is 0 Å². The first-order valence-electron chi connectivity index (χ1n) is 7.09. The van der Waals surface area contributed by atoms with E-state index in [1.54, 1.807) is 19.6 Å². The molecule has 5 nitrogen and oxygen atoms in total. The molecule has 0 aliphatic heterocycles. The molecule has 2 aromatic rings. The van der Waals surface area contributed by atoms with E-state index >= 15 is 0 Å². The monoisotopic (exact) mass is 277 g/mol. The van der Waals surface area contributed by atoms with Crippen molar-refractivity contribution in [2.24, 2.45) is 0 Å². The Balaban J connectivity index is 2.48. The number of aromatic nitrogens is 2. The van der Waals surface area contributed by atoms with Crippen molar-refractivity contribution in [1.29, 1.82) is 0 Å². The Bertz CT molecular complexity index is 545. The summed E-state index contributed by atoms with van der Waals surface area (Å²) in [7, 11) is 1.68. The van der Waals surface area contributed by atoms with Crippen LogP contribution in [0.5, 0.6) is 5.75 Å². The lowest BCUT2D eigenvalue weighted by Gasteiger charge is -2.19. The molecule has 1 atom stereocenters. The predicted octanol–water partition coefficient (Wildman–Crippen LogP) is 2.90. The topological polar surface area (TPSA) is 52.2 Å². The summed E-state index contributed by atoms with van der Waals surface area (Å²) >= 11 is 0. The van der Waals surface area contributed by atoms with E-state index in [4.69, 9.17) is 9.15 Å². The van der Waals surface area contributed by atoms with E-state index in [1.807, 2.05) is 10.7 Å². The minimum atomic E-state index is -0.0426. The third-order valence-electron chi connectivity index (χ3n) is 3.35. The minimum Gasteiger partial charge on any atom is -0.493 e. The lowest BCUT2D eigenvalue weighted by Crippen LogP contribution is -2.25. The maximum Gasteiger partial charge on any atom is 0.162 e. The van der Waals surface area contributed by atoms with E-state index in [2.05, 4.69) is 31.2 Å². The summed E-state index contributed by atoms with van der Waals surface area (Å²) in [6, 6.07) is 1.94. The summed E-state index contributed by atoms with van der Waals surface area (Å²) in [5.74, 6) is 1.71. The highest BCUT2D eigenvalue weighted by Crippen LogP contribution is 2.32. The highest BCUT2D eigenvalue weighted by atomic mass is 16.5. The van der Waals surface area contributed by atoms with Crippen LogP contribution in [0, 0.1) is 6.92 Å². The van der Waals surface area contributed by atoms with E-state index in [-0.39, 0.29) is 6.04 Å². The number of nitrogens with zero attached hydrogens (tertiary/aromatic N) is 2. The van der Waals surface area contributed by atoms with Crippen LogP contribution >= 0.6 is 0 Å². The summed E-state index contributed by atoms with van der Waals surface area (Å²) in [5.41, 5.74) is 2.15. The molecular weight excluding hydrogens is 254 g/mol. The van der Waals surface area contributed by atoms with Gasteiger partial charge >= 0.3 is 0 Å². The first-order valence-corrected chi connectivity index (χ1v) is 7.09. The third kappa shape index (κ3) is 2.72. The summed E-state index contributed by atoms with van der Waals surface area (Å²) in [6.07, 6.45) is 4.52. The van der Waals surface area contributed by atoms with Gasteiger partial charge in [0.2, 0.25) is 0 Å². The van der Waals surface area contributed by atoms with Crippen molar-refractivity contribution in [2.45, 2.75) is 39.8 Å². The zero-order chi connectivity index (χ0) is 14.5. The molecule has 5 heteroatoms. The van der Waals surface area contributed by atoms with Crippen LogP contribution in [0.15, 0.2) is 22.9 Å². The van der Waals surface area contributed by atoms with Crippen LogP contribution in [0.4, 0.5) is 0 Å². The molecule has 1 N–H and O–H groups in total. The Morgan fingerprint density at radius 3 is 2.80 bits per heavy atom. The van der Waals surface area contributed by atoms with Crippen LogP contribution in [0.2, 0.25) is 0 Å². The molecule has 0 bridgehead atoms. The number of hydrogen-bond acceptors (Lipinski definition) is 4. The van der Waals surface area contributed by atoms with Crippen molar-refractivity contribution >= 4 is 0 Å². The van der Waals surface area contributed by atoms with Crippen molar-refractivity contribution in [3.05, 3.63) is 35.5 Å².